The van der Waals surface area contributed by atoms with Crippen molar-refractivity contribution in [2.75, 3.05) is 5.32 Å². The molecule has 2 aromatic carbocycles. The van der Waals surface area contributed by atoms with Gasteiger partial charge < -0.3 is 10.1 Å². The summed E-state index contributed by atoms with van der Waals surface area (Å²) < 4.78 is 5.84. The molecule has 2 N–H and O–H groups in total. The quantitative estimate of drug-likeness (QED) is 0.346. The van der Waals surface area contributed by atoms with Crippen LogP contribution in [-0.2, 0) is 0 Å². The number of halogens is 1. The normalized spacial score (nSPS) is 11.7. The average Bonchev–Trinajstić information content (AvgIpc) is 3.15. The van der Waals surface area contributed by atoms with E-state index < -0.39 is 0 Å². The van der Waals surface area contributed by atoms with Crippen molar-refractivity contribution in [2.24, 2.45) is 0 Å². The predicted molar refractivity (Wildman–Crippen MR) is 120 cm³/mol. The molecule has 5 nitrogen and oxygen atoms in total. The SMILES string of the molecule is C=C/C=C(\C=C/C)Oc1ccc(-c2nc(Nc3cc(C)c(Cl)c(C)c3)n[nH]2)cc1. The van der Waals surface area contributed by atoms with Gasteiger partial charge in [0.2, 0.25) is 5.95 Å². The first-order chi connectivity index (χ1) is 14.0. The van der Waals surface area contributed by atoms with Crippen LogP contribution in [0.3, 0.4) is 0 Å². The van der Waals surface area contributed by atoms with E-state index in [1.54, 1.807) is 6.08 Å². The van der Waals surface area contributed by atoms with Crippen molar-refractivity contribution in [3.8, 4) is 17.1 Å². The molecule has 0 radical (unpaired) electrons. The molecule has 0 spiro atoms. The topological polar surface area (TPSA) is 62.8 Å². The largest absolute Gasteiger partial charge is 0.457 e. The number of nitrogens with one attached hydrogen (secondary N) is 2. The minimum absolute atomic E-state index is 0.491. The lowest BCUT2D eigenvalue weighted by molar-refractivity contribution is 0.444. The highest BCUT2D eigenvalue weighted by atomic mass is 35.5. The van der Waals surface area contributed by atoms with Gasteiger partial charge in [-0.2, -0.15) is 4.98 Å². The summed E-state index contributed by atoms with van der Waals surface area (Å²) in [6.07, 6.45) is 7.29. The Morgan fingerprint density at radius 1 is 1.17 bits per heavy atom. The van der Waals surface area contributed by atoms with Gasteiger partial charge in [-0.05, 0) is 80.4 Å². The molecule has 0 atom stereocenters. The van der Waals surface area contributed by atoms with E-state index in [1.165, 1.54) is 0 Å². The molecule has 0 amide bonds. The summed E-state index contributed by atoms with van der Waals surface area (Å²) in [7, 11) is 0. The summed E-state index contributed by atoms with van der Waals surface area (Å²) >= 11 is 6.23. The standard InChI is InChI=1S/C23H23ClN4O/c1-5-7-19(8-6-2)29-20-11-9-17(10-12-20)22-26-23(28-27-22)25-18-13-15(3)21(24)16(4)14-18/h5-14H,1H2,2-4H3,(H2,25,26,27,28)/b8-6-,19-7+. The number of hydrogen-bond donors (Lipinski definition) is 2. The van der Waals surface area contributed by atoms with Gasteiger partial charge in [0.05, 0.1) is 0 Å². The molecule has 0 aliphatic carbocycles. The number of nitrogens with zero attached hydrogens (tertiary/aromatic N) is 2. The minimum Gasteiger partial charge on any atom is -0.457 e. The van der Waals surface area contributed by atoms with Crippen LogP contribution in [0, 0.1) is 13.8 Å². The number of hydrogen-bond acceptors (Lipinski definition) is 4. The molecule has 6 heteroatoms. The smallest absolute Gasteiger partial charge is 0.246 e. The Morgan fingerprint density at radius 2 is 1.86 bits per heavy atom. The lowest BCUT2D eigenvalue weighted by Gasteiger charge is -2.07. The second-order valence-corrected chi connectivity index (χ2v) is 6.87. The summed E-state index contributed by atoms with van der Waals surface area (Å²) in [5.41, 5.74) is 3.80. The Balaban J connectivity index is 1.73. The van der Waals surface area contributed by atoms with E-state index in [9.17, 15) is 0 Å². The van der Waals surface area contributed by atoms with Crippen molar-refractivity contribution in [2.45, 2.75) is 20.8 Å². The number of aromatic amines is 1. The maximum Gasteiger partial charge on any atom is 0.246 e. The van der Waals surface area contributed by atoms with E-state index in [2.05, 4.69) is 27.1 Å². The zero-order valence-electron chi connectivity index (χ0n) is 16.7. The lowest BCUT2D eigenvalue weighted by Crippen LogP contribution is -1.94. The molecule has 148 valence electrons. The van der Waals surface area contributed by atoms with Crippen LogP contribution in [0.25, 0.3) is 11.4 Å². The van der Waals surface area contributed by atoms with Gasteiger partial charge in [0.1, 0.15) is 11.5 Å². The third-order valence-electron chi connectivity index (χ3n) is 4.15. The van der Waals surface area contributed by atoms with Gasteiger partial charge in [0.15, 0.2) is 5.82 Å². The molecule has 1 heterocycles. The molecule has 0 unspecified atom stereocenters. The van der Waals surface area contributed by atoms with Gasteiger partial charge in [-0.15, -0.1) is 5.10 Å². The zero-order chi connectivity index (χ0) is 20.8. The highest BCUT2D eigenvalue weighted by molar-refractivity contribution is 6.32. The van der Waals surface area contributed by atoms with E-state index in [0.717, 1.165) is 38.9 Å². The zero-order valence-corrected chi connectivity index (χ0v) is 17.4. The molecular weight excluding hydrogens is 384 g/mol. The van der Waals surface area contributed by atoms with Crippen LogP contribution < -0.4 is 10.1 Å². The molecule has 0 bridgehead atoms. The lowest BCUT2D eigenvalue weighted by atomic mass is 10.1. The Bertz CT molecular complexity index is 1040. The van der Waals surface area contributed by atoms with Crippen LogP contribution in [0.1, 0.15) is 18.1 Å². The first-order valence-corrected chi connectivity index (χ1v) is 9.58. The van der Waals surface area contributed by atoms with Crippen molar-refractivity contribution in [1.82, 2.24) is 15.2 Å². The van der Waals surface area contributed by atoms with Crippen LogP contribution >= 0.6 is 11.6 Å². The molecule has 3 aromatic rings. The van der Waals surface area contributed by atoms with Gasteiger partial charge in [-0.25, -0.2) is 0 Å². The van der Waals surface area contributed by atoms with Crippen molar-refractivity contribution in [3.05, 3.63) is 89.2 Å². The second kappa shape index (κ2) is 9.26. The van der Waals surface area contributed by atoms with Gasteiger partial charge in [0.25, 0.3) is 0 Å². The van der Waals surface area contributed by atoms with Crippen molar-refractivity contribution in [1.29, 1.82) is 0 Å². The molecule has 0 saturated heterocycles. The maximum atomic E-state index is 6.23. The summed E-state index contributed by atoms with van der Waals surface area (Å²) in [4.78, 5) is 4.52. The fraction of sp³-hybridized carbons (Fsp3) is 0.130. The highest BCUT2D eigenvalue weighted by Crippen LogP contribution is 2.27. The highest BCUT2D eigenvalue weighted by Gasteiger charge is 2.08. The number of aromatic nitrogens is 3. The van der Waals surface area contributed by atoms with E-state index >= 15 is 0 Å². The molecular formula is C23H23ClN4O. The van der Waals surface area contributed by atoms with Crippen LogP contribution in [0.15, 0.2) is 73.0 Å². The van der Waals surface area contributed by atoms with Gasteiger partial charge >= 0.3 is 0 Å². The van der Waals surface area contributed by atoms with Crippen LogP contribution in [0.4, 0.5) is 11.6 Å². The van der Waals surface area contributed by atoms with E-state index in [1.807, 2.05) is 75.4 Å². The third-order valence-corrected chi connectivity index (χ3v) is 4.75. The van der Waals surface area contributed by atoms with E-state index in [0.29, 0.717) is 11.8 Å². The summed E-state index contributed by atoms with van der Waals surface area (Å²) in [6.45, 7) is 9.58. The summed E-state index contributed by atoms with van der Waals surface area (Å²) in [5.74, 6) is 2.60. The fourth-order valence-electron chi connectivity index (χ4n) is 2.81. The van der Waals surface area contributed by atoms with Gasteiger partial charge in [-0.1, -0.05) is 30.3 Å². The monoisotopic (exact) mass is 406 g/mol. The van der Waals surface area contributed by atoms with Crippen LogP contribution in [-0.4, -0.2) is 15.2 Å². The average molecular weight is 407 g/mol. The third kappa shape index (κ3) is 5.15. The fourth-order valence-corrected chi connectivity index (χ4v) is 2.92. The molecule has 1 aromatic heterocycles. The minimum atomic E-state index is 0.491. The Hall–Kier alpha value is -3.31. The molecule has 0 fully saturated rings. The van der Waals surface area contributed by atoms with E-state index in [-0.39, 0.29) is 0 Å². The van der Waals surface area contributed by atoms with Crippen LogP contribution in [0.5, 0.6) is 5.75 Å². The number of aryl methyl sites for hydroxylation is 2. The second-order valence-electron chi connectivity index (χ2n) is 6.49. The summed E-state index contributed by atoms with van der Waals surface area (Å²) in [6, 6.07) is 11.6. The van der Waals surface area contributed by atoms with E-state index in [4.69, 9.17) is 16.3 Å². The van der Waals surface area contributed by atoms with Gasteiger partial charge in [-0.3, -0.25) is 5.10 Å². The van der Waals surface area contributed by atoms with Crippen molar-refractivity contribution >= 4 is 23.2 Å². The number of H-pyrrole nitrogens is 1. The predicted octanol–water partition coefficient (Wildman–Crippen LogP) is 6.51. The van der Waals surface area contributed by atoms with Crippen molar-refractivity contribution in [3.63, 3.8) is 0 Å². The van der Waals surface area contributed by atoms with Crippen LogP contribution in [0.2, 0.25) is 5.02 Å². The number of anilines is 2. The first-order valence-electron chi connectivity index (χ1n) is 9.20. The number of ether oxygens (including phenoxy) is 1. The molecule has 3 rings (SSSR count). The molecule has 0 aliphatic heterocycles. The first kappa shape index (κ1) is 20.4. The maximum absolute atomic E-state index is 6.23. The number of benzene rings is 2. The molecule has 29 heavy (non-hydrogen) atoms. The Morgan fingerprint density at radius 3 is 2.48 bits per heavy atom. The van der Waals surface area contributed by atoms with Crippen molar-refractivity contribution < 1.29 is 4.74 Å². The van der Waals surface area contributed by atoms with Gasteiger partial charge in [0, 0.05) is 16.3 Å². The number of rotatable bonds is 7. The Labute approximate surface area is 175 Å². The Kier molecular flexibility index (Phi) is 6.52. The number of allylic oxidation sites excluding steroid dienone is 4. The summed E-state index contributed by atoms with van der Waals surface area (Å²) in [5, 5.41) is 11.2. The molecule has 0 saturated carbocycles. The molecule has 0 aliphatic rings.